The minimum atomic E-state index is -0.399. The monoisotopic (exact) mass is 358 g/mol. The molecule has 0 atom stereocenters. The second-order valence-electron chi connectivity index (χ2n) is 9.03. The summed E-state index contributed by atoms with van der Waals surface area (Å²) < 4.78 is 5.48. The van der Waals surface area contributed by atoms with Gasteiger partial charge in [0.2, 0.25) is 0 Å². The van der Waals surface area contributed by atoms with Gasteiger partial charge in [0.1, 0.15) is 5.60 Å². The summed E-state index contributed by atoms with van der Waals surface area (Å²) in [6, 6.07) is 10.8. The van der Waals surface area contributed by atoms with Crippen LogP contribution < -0.4 is 0 Å². The van der Waals surface area contributed by atoms with Crippen LogP contribution in [0.5, 0.6) is 0 Å². The lowest BCUT2D eigenvalue weighted by molar-refractivity contribution is 0.0171. The van der Waals surface area contributed by atoms with E-state index in [1.165, 1.54) is 31.5 Å². The number of rotatable bonds is 5. The number of hydrogen-bond donors (Lipinski definition) is 0. The molecule has 2 aliphatic rings. The molecule has 26 heavy (non-hydrogen) atoms. The third-order valence-electron chi connectivity index (χ3n) is 5.53. The zero-order chi connectivity index (χ0) is 18.6. The van der Waals surface area contributed by atoms with Crippen molar-refractivity contribution in [2.24, 2.45) is 11.8 Å². The van der Waals surface area contributed by atoms with Crippen LogP contribution >= 0.6 is 0 Å². The third-order valence-corrected chi connectivity index (χ3v) is 5.53. The summed E-state index contributed by atoms with van der Waals surface area (Å²) >= 11 is 0. The predicted molar refractivity (Wildman–Crippen MR) is 105 cm³/mol. The largest absolute Gasteiger partial charge is 0.444 e. The van der Waals surface area contributed by atoms with E-state index in [0.29, 0.717) is 0 Å². The Hall–Kier alpha value is -1.55. The lowest BCUT2D eigenvalue weighted by Crippen LogP contribution is -2.46. The van der Waals surface area contributed by atoms with Crippen molar-refractivity contribution in [3.05, 3.63) is 35.9 Å². The molecule has 0 unspecified atom stereocenters. The molecule has 3 rings (SSSR count). The Kier molecular flexibility index (Phi) is 6.23. The van der Waals surface area contributed by atoms with E-state index in [1.54, 1.807) is 0 Å². The Morgan fingerprint density at radius 2 is 1.65 bits per heavy atom. The molecule has 0 aliphatic carbocycles. The first-order chi connectivity index (χ1) is 12.4. The molecule has 1 amide bonds. The maximum absolute atomic E-state index is 12.1. The number of ether oxygens (including phenoxy) is 1. The molecule has 2 saturated heterocycles. The van der Waals surface area contributed by atoms with Gasteiger partial charge < -0.3 is 9.64 Å². The Morgan fingerprint density at radius 3 is 2.27 bits per heavy atom. The fourth-order valence-electron chi connectivity index (χ4n) is 4.03. The smallest absolute Gasteiger partial charge is 0.410 e. The first kappa shape index (κ1) is 19.2. The summed E-state index contributed by atoms with van der Waals surface area (Å²) in [6.07, 6.45) is 4.75. The topological polar surface area (TPSA) is 32.8 Å². The Balaban J connectivity index is 1.29. The molecule has 0 spiro atoms. The fraction of sp³-hybridized carbons (Fsp3) is 0.682. The van der Waals surface area contributed by atoms with E-state index in [2.05, 4.69) is 35.2 Å². The molecule has 1 aromatic rings. The molecular weight excluding hydrogens is 324 g/mol. The molecule has 0 radical (unpaired) electrons. The lowest BCUT2D eigenvalue weighted by atomic mass is 9.86. The van der Waals surface area contributed by atoms with Crippen LogP contribution in [0.1, 0.15) is 52.0 Å². The van der Waals surface area contributed by atoms with E-state index in [4.69, 9.17) is 4.74 Å². The summed E-state index contributed by atoms with van der Waals surface area (Å²) in [5.41, 5.74) is 1.02. The molecule has 1 aromatic carbocycles. The van der Waals surface area contributed by atoms with Gasteiger partial charge in [-0.1, -0.05) is 30.3 Å². The Morgan fingerprint density at radius 1 is 1.04 bits per heavy atom. The van der Waals surface area contributed by atoms with Gasteiger partial charge in [-0.2, -0.15) is 0 Å². The first-order valence-corrected chi connectivity index (χ1v) is 10.1. The highest BCUT2D eigenvalue weighted by atomic mass is 16.6. The molecule has 144 valence electrons. The highest BCUT2D eigenvalue weighted by Gasteiger charge is 2.29. The SMILES string of the molecule is CC(C)(C)OC(=O)N1CCC(CCC2CN(Cc3ccccc3)C2)CC1. The minimum absolute atomic E-state index is 0.147. The van der Waals surface area contributed by atoms with Gasteiger partial charge in [0, 0.05) is 32.7 Å². The van der Waals surface area contributed by atoms with Crippen molar-refractivity contribution in [2.45, 2.75) is 58.6 Å². The Bertz CT molecular complexity index is 568. The molecular formula is C22H34N2O2. The molecule has 2 heterocycles. The first-order valence-electron chi connectivity index (χ1n) is 10.1. The van der Waals surface area contributed by atoms with Crippen LogP contribution in [0.2, 0.25) is 0 Å². The molecule has 4 heteroatoms. The average Bonchev–Trinajstić information content (AvgIpc) is 2.56. The van der Waals surface area contributed by atoms with E-state index in [-0.39, 0.29) is 6.09 Å². The summed E-state index contributed by atoms with van der Waals surface area (Å²) in [5, 5.41) is 0. The van der Waals surface area contributed by atoms with Gasteiger partial charge in [-0.05, 0) is 63.9 Å². The number of benzene rings is 1. The second kappa shape index (κ2) is 8.43. The summed E-state index contributed by atoms with van der Waals surface area (Å²) in [7, 11) is 0. The maximum atomic E-state index is 12.1. The van der Waals surface area contributed by atoms with Gasteiger partial charge in [-0.15, -0.1) is 0 Å². The zero-order valence-corrected chi connectivity index (χ0v) is 16.6. The predicted octanol–water partition coefficient (Wildman–Crippen LogP) is 4.55. The average molecular weight is 359 g/mol. The number of carbonyl (C=O) groups is 1. The van der Waals surface area contributed by atoms with Gasteiger partial charge in [0.25, 0.3) is 0 Å². The second-order valence-corrected chi connectivity index (χ2v) is 9.03. The van der Waals surface area contributed by atoms with Gasteiger partial charge >= 0.3 is 6.09 Å². The van der Waals surface area contributed by atoms with Gasteiger partial charge in [-0.3, -0.25) is 4.90 Å². The van der Waals surface area contributed by atoms with E-state index >= 15 is 0 Å². The van der Waals surface area contributed by atoms with Crippen LogP contribution in [0.3, 0.4) is 0 Å². The molecule has 4 nitrogen and oxygen atoms in total. The van der Waals surface area contributed by atoms with Crippen LogP contribution in [0.4, 0.5) is 4.79 Å². The molecule has 2 aliphatic heterocycles. The molecule has 2 fully saturated rings. The van der Waals surface area contributed by atoms with Crippen LogP contribution in [0.25, 0.3) is 0 Å². The van der Waals surface area contributed by atoms with Crippen molar-refractivity contribution < 1.29 is 9.53 Å². The van der Waals surface area contributed by atoms with Crippen LogP contribution in [-0.2, 0) is 11.3 Å². The molecule has 0 bridgehead atoms. The van der Waals surface area contributed by atoms with Crippen molar-refractivity contribution in [3.63, 3.8) is 0 Å². The van der Waals surface area contributed by atoms with Crippen LogP contribution in [0.15, 0.2) is 30.3 Å². The van der Waals surface area contributed by atoms with E-state index in [9.17, 15) is 4.79 Å². The van der Waals surface area contributed by atoms with Gasteiger partial charge in [-0.25, -0.2) is 4.79 Å². The van der Waals surface area contributed by atoms with Crippen LogP contribution in [-0.4, -0.2) is 47.7 Å². The standard InChI is InChI=1S/C22H34N2O2/c1-22(2,3)26-21(25)24-13-11-18(12-14-24)9-10-20-16-23(17-20)15-19-7-5-4-6-8-19/h4-8,18,20H,9-17H2,1-3H3. The molecule has 0 saturated carbocycles. The van der Waals surface area contributed by atoms with Crippen LogP contribution in [0, 0.1) is 11.8 Å². The van der Waals surface area contributed by atoms with Crippen molar-refractivity contribution in [1.29, 1.82) is 0 Å². The zero-order valence-electron chi connectivity index (χ0n) is 16.6. The number of piperidine rings is 1. The van der Waals surface area contributed by atoms with Gasteiger partial charge in [0.15, 0.2) is 0 Å². The van der Waals surface area contributed by atoms with Crippen molar-refractivity contribution in [1.82, 2.24) is 9.80 Å². The highest BCUT2D eigenvalue weighted by Crippen LogP contribution is 2.29. The van der Waals surface area contributed by atoms with Crippen molar-refractivity contribution >= 4 is 6.09 Å². The third kappa shape index (κ3) is 5.73. The Labute approximate surface area is 158 Å². The quantitative estimate of drug-likeness (QED) is 0.774. The molecule has 0 aromatic heterocycles. The number of likely N-dealkylation sites (tertiary alicyclic amines) is 2. The minimum Gasteiger partial charge on any atom is -0.444 e. The number of amides is 1. The van der Waals surface area contributed by atoms with E-state index < -0.39 is 5.60 Å². The molecule has 0 N–H and O–H groups in total. The van der Waals surface area contributed by atoms with E-state index in [1.807, 2.05) is 25.7 Å². The number of hydrogen-bond acceptors (Lipinski definition) is 3. The normalized spacial score (nSPS) is 20.0. The van der Waals surface area contributed by atoms with Crippen molar-refractivity contribution in [2.75, 3.05) is 26.2 Å². The highest BCUT2D eigenvalue weighted by molar-refractivity contribution is 5.68. The summed E-state index contributed by atoms with van der Waals surface area (Å²) in [4.78, 5) is 16.6. The fourth-order valence-corrected chi connectivity index (χ4v) is 4.03. The number of nitrogens with zero attached hydrogens (tertiary/aromatic N) is 2. The van der Waals surface area contributed by atoms with Gasteiger partial charge in [0.05, 0.1) is 0 Å². The van der Waals surface area contributed by atoms with Crippen molar-refractivity contribution in [3.8, 4) is 0 Å². The summed E-state index contributed by atoms with van der Waals surface area (Å²) in [6.45, 7) is 11.1. The number of carbonyl (C=O) groups excluding carboxylic acids is 1. The maximum Gasteiger partial charge on any atom is 0.410 e. The summed E-state index contributed by atoms with van der Waals surface area (Å²) in [5.74, 6) is 1.64. The van der Waals surface area contributed by atoms with E-state index in [0.717, 1.165) is 44.3 Å². The lowest BCUT2D eigenvalue weighted by Gasteiger charge is -2.40.